The zero-order valence-corrected chi connectivity index (χ0v) is 25.2. The summed E-state index contributed by atoms with van der Waals surface area (Å²) in [5.41, 5.74) is 0.446. The quantitative estimate of drug-likeness (QED) is 0.181. The molecule has 2 aromatic carbocycles. The summed E-state index contributed by atoms with van der Waals surface area (Å²) in [6.45, 7) is 2.56. The van der Waals surface area contributed by atoms with E-state index in [0.717, 1.165) is 32.5 Å². The summed E-state index contributed by atoms with van der Waals surface area (Å²) in [4.78, 5) is 43.1. The minimum Gasteiger partial charge on any atom is -0.508 e. The predicted molar refractivity (Wildman–Crippen MR) is 164 cm³/mol. The van der Waals surface area contributed by atoms with Crippen LogP contribution in [0.2, 0.25) is 0 Å². The number of Topliss-reactive ketones (excluding diaryl/α,β-unsaturated/α-hetero) is 2. The maximum Gasteiger partial charge on any atom is 0.255 e. The molecule has 0 unspecified atom stereocenters. The second-order valence-corrected chi connectivity index (χ2v) is 12.8. The second-order valence-electron chi connectivity index (χ2n) is 12.8. The molecule has 1 heterocycles. The molecule has 4 atom stereocenters. The van der Waals surface area contributed by atoms with Gasteiger partial charge in [0.15, 0.2) is 11.5 Å². The van der Waals surface area contributed by atoms with E-state index in [0.29, 0.717) is 11.3 Å². The van der Waals surface area contributed by atoms with Gasteiger partial charge in [0.2, 0.25) is 11.4 Å². The molecular formula is C33H38N4O8. The van der Waals surface area contributed by atoms with Crippen molar-refractivity contribution in [3.8, 4) is 5.75 Å². The Labute approximate surface area is 260 Å². The number of aliphatic hydroxyl groups is 4. The lowest BCUT2D eigenvalue weighted by molar-refractivity contribution is -0.202. The number of likely N-dealkylation sites (tertiary alicyclic amines) is 1. The standard InChI is InChI=1S/C33H38N4O8/c1-36(2)28-27(40)24(31(34)43)30(42)33(45)29(41)23-19(15-32(28,33)44)14-18-8-9-21(25(38)22(18)26(23)39)35-20-10-12-37(13-11-20)16-17-6-4-3-5-7-17/h3-9,19-20,28,35,38-39,42,44-45H,10-16H2,1-2H3,(H2,34,43)/t19-,28+,32+,33-/m0/s1. The summed E-state index contributed by atoms with van der Waals surface area (Å²) in [7, 11) is 2.84. The van der Waals surface area contributed by atoms with Gasteiger partial charge in [0.25, 0.3) is 5.91 Å². The van der Waals surface area contributed by atoms with Crippen molar-refractivity contribution in [3.63, 3.8) is 0 Å². The number of aromatic hydroxyl groups is 1. The van der Waals surface area contributed by atoms with Crippen LogP contribution in [0.25, 0.3) is 5.76 Å². The van der Waals surface area contributed by atoms with Crippen molar-refractivity contribution < 1.29 is 39.9 Å². The lowest BCUT2D eigenvalue weighted by Crippen LogP contribution is -2.76. The van der Waals surface area contributed by atoms with Crippen molar-refractivity contribution in [3.05, 3.63) is 76.1 Å². The first-order chi connectivity index (χ1) is 21.3. The van der Waals surface area contributed by atoms with Crippen LogP contribution in [0.3, 0.4) is 0 Å². The van der Waals surface area contributed by atoms with E-state index < -0.39 is 64.1 Å². The van der Waals surface area contributed by atoms with Crippen molar-refractivity contribution >= 4 is 28.9 Å². The zero-order chi connectivity index (χ0) is 32.4. The Balaban J connectivity index is 1.31. The SMILES string of the molecule is CN(C)[C@@H]1C(=O)C(C(N)=O)=C(O)[C@@]2(O)C(=O)C3=C(O)c4c(ccc(NC5CCN(Cc6ccccc6)CC5)c4O)C[C@H]3C[C@@]12O. The number of amides is 1. The molecule has 2 aromatic rings. The number of carbonyl (C=O) groups is 3. The average Bonchev–Trinajstić information content (AvgIpc) is 2.98. The number of aliphatic hydroxyl groups excluding tert-OH is 2. The fourth-order valence-electron chi connectivity index (χ4n) is 7.73. The van der Waals surface area contributed by atoms with Crippen LogP contribution in [-0.2, 0) is 27.3 Å². The molecule has 1 aliphatic heterocycles. The first-order valence-electron chi connectivity index (χ1n) is 15.0. The summed E-state index contributed by atoms with van der Waals surface area (Å²) in [6, 6.07) is 12.1. The van der Waals surface area contributed by atoms with Gasteiger partial charge in [-0.1, -0.05) is 36.4 Å². The number of hydrogen-bond donors (Lipinski definition) is 7. The Morgan fingerprint density at radius 3 is 2.33 bits per heavy atom. The normalized spacial score (nSPS) is 29.0. The summed E-state index contributed by atoms with van der Waals surface area (Å²) in [6.07, 6.45) is 1.32. The van der Waals surface area contributed by atoms with Gasteiger partial charge in [0, 0.05) is 31.2 Å². The maximum absolute atomic E-state index is 14.1. The summed E-state index contributed by atoms with van der Waals surface area (Å²) in [5, 5.41) is 60.9. The Bertz CT molecular complexity index is 1650. The molecule has 0 radical (unpaired) electrons. The number of ketones is 2. The number of nitrogens with one attached hydrogen (secondary N) is 1. The Hall–Kier alpha value is -4.23. The fraction of sp³-hybridized carbons (Fsp3) is 0.424. The van der Waals surface area contributed by atoms with Crippen molar-refractivity contribution in [2.75, 3.05) is 32.5 Å². The monoisotopic (exact) mass is 618 g/mol. The number of phenolic OH excluding ortho intramolecular Hbond substituents is 1. The van der Waals surface area contributed by atoms with E-state index in [1.807, 2.05) is 18.2 Å². The van der Waals surface area contributed by atoms with Crippen LogP contribution in [-0.4, -0.2) is 103 Å². The highest BCUT2D eigenvalue weighted by atomic mass is 16.4. The smallest absolute Gasteiger partial charge is 0.255 e. The predicted octanol–water partition coefficient (Wildman–Crippen LogP) is 1.16. The summed E-state index contributed by atoms with van der Waals surface area (Å²) in [5.74, 6) is -6.78. The van der Waals surface area contributed by atoms with E-state index >= 15 is 0 Å². The Kier molecular flexibility index (Phi) is 7.51. The summed E-state index contributed by atoms with van der Waals surface area (Å²) < 4.78 is 0. The fourth-order valence-corrected chi connectivity index (χ4v) is 7.73. The van der Waals surface area contributed by atoms with Gasteiger partial charge in [-0.3, -0.25) is 24.2 Å². The number of rotatable bonds is 6. The number of primary amides is 1. The molecule has 12 heteroatoms. The van der Waals surface area contributed by atoms with Gasteiger partial charge in [0.05, 0.1) is 11.3 Å². The van der Waals surface area contributed by atoms with Crippen molar-refractivity contribution in [2.45, 2.75) is 55.5 Å². The third-order valence-corrected chi connectivity index (χ3v) is 9.87. The van der Waals surface area contributed by atoms with Gasteiger partial charge in [-0.05, 0) is 62.9 Å². The number of likely N-dealkylation sites (N-methyl/N-ethyl adjacent to an activating group) is 1. The first-order valence-corrected chi connectivity index (χ1v) is 15.0. The molecule has 4 aliphatic rings. The molecular weight excluding hydrogens is 580 g/mol. The third kappa shape index (κ3) is 4.62. The van der Waals surface area contributed by atoms with Crippen LogP contribution in [0.4, 0.5) is 5.69 Å². The zero-order valence-electron chi connectivity index (χ0n) is 25.2. The van der Waals surface area contributed by atoms with Crippen molar-refractivity contribution in [1.82, 2.24) is 9.80 Å². The molecule has 0 aromatic heterocycles. The molecule has 0 bridgehead atoms. The molecule has 45 heavy (non-hydrogen) atoms. The van der Waals surface area contributed by atoms with Gasteiger partial charge >= 0.3 is 0 Å². The molecule has 6 rings (SSSR count). The van der Waals surface area contributed by atoms with E-state index in [1.54, 1.807) is 12.1 Å². The first kappa shape index (κ1) is 30.8. The third-order valence-electron chi connectivity index (χ3n) is 9.87. The van der Waals surface area contributed by atoms with Gasteiger partial charge in [-0.15, -0.1) is 0 Å². The van der Waals surface area contributed by atoms with Gasteiger partial charge in [-0.25, -0.2) is 0 Å². The van der Waals surface area contributed by atoms with Crippen molar-refractivity contribution in [2.24, 2.45) is 11.7 Å². The van der Waals surface area contributed by atoms with E-state index in [4.69, 9.17) is 5.73 Å². The van der Waals surface area contributed by atoms with Crippen molar-refractivity contribution in [1.29, 1.82) is 0 Å². The van der Waals surface area contributed by atoms with E-state index in [-0.39, 0.29) is 29.3 Å². The highest BCUT2D eigenvalue weighted by Crippen LogP contribution is 2.55. The number of nitrogens with zero attached hydrogens (tertiary/aromatic N) is 2. The van der Waals surface area contributed by atoms with Gasteiger partial charge in [-0.2, -0.15) is 0 Å². The Morgan fingerprint density at radius 1 is 1.04 bits per heavy atom. The van der Waals surface area contributed by atoms with Gasteiger partial charge < -0.3 is 36.6 Å². The molecule has 12 nitrogen and oxygen atoms in total. The van der Waals surface area contributed by atoms with E-state index in [2.05, 4.69) is 22.3 Å². The van der Waals surface area contributed by atoms with Gasteiger partial charge in [0.1, 0.15) is 28.7 Å². The largest absolute Gasteiger partial charge is 0.508 e. The topological polar surface area (TPSA) is 197 Å². The number of hydrogen-bond acceptors (Lipinski definition) is 11. The number of carbonyl (C=O) groups excluding carboxylic acids is 3. The van der Waals surface area contributed by atoms with E-state index in [9.17, 15) is 39.9 Å². The number of anilines is 1. The minimum atomic E-state index is -3.16. The number of phenols is 1. The minimum absolute atomic E-state index is 0.00444. The molecule has 2 fully saturated rings. The molecule has 238 valence electrons. The maximum atomic E-state index is 14.1. The van der Waals surface area contributed by atoms with Crippen LogP contribution in [0, 0.1) is 5.92 Å². The molecule has 8 N–H and O–H groups in total. The molecule has 3 aliphatic carbocycles. The number of fused-ring (bicyclic) bond motifs is 3. The number of nitrogens with two attached hydrogens (primary N) is 1. The van der Waals surface area contributed by atoms with Crippen LogP contribution >= 0.6 is 0 Å². The second kappa shape index (κ2) is 11.0. The average molecular weight is 619 g/mol. The molecule has 1 saturated heterocycles. The Morgan fingerprint density at radius 2 is 1.71 bits per heavy atom. The lowest BCUT2D eigenvalue weighted by atomic mass is 9.55. The van der Waals surface area contributed by atoms with E-state index in [1.165, 1.54) is 24.6 Å². The summed E-state index contributed by atoms with van der Waals surface area (Å²) >= 11 is 0. The van der Waals surface area contributed by atoms with Crippen LogP contribution in [0.15, 0.2) is 59.4 Å². The number of piperidine rings is 1. The highest BCUT2D eigenvalue weighted by Gasteiger charge is 2.72. The number of benzene rings is 2. The molecule has 0 spiro atoms. The molecule has 1 saturated carbocycles. The molecule has 1 amide bonds. The highest BCUT2D eigenvalue weighted by molar-refractivity contribution is 6.25. The lowest BCUT2D eigenvalue weighted by Gasteiger charge is -2.55. The van der Waals surface area contributed by atoms with Crippen LogP contribution in [0.5, 0.6) is 5.75 Å². The van der Waals surface area contributed by atoms with Crippen LogP contribution < -0.4 is 11.1 Å². The van der Waals surface area contributed by atoms with Crippen LogP contribution in [0.1, 0.15) is 36.0 Å².